The van der Waals surface area contributed by atoms with Gasteiger partial charge < -0.3 is 20.6 Å². The summed E-state index contributed by atoms with van der Waals surface area (Å²) < 4.78 is 0. The van der Waals surface area contributed by atoms with Crippen molar-refractivity contribution in [2.45, 2.75) is 38.3 Å². The van der Waals surface area contributed by atoms with E-state index in [1.165, 1.54) is 25.8 Å². The van der Waals surface area contributed by atoms with Gasteiger partial charge in [-0.25, -0.2) is 9.59 Å². The maximum Gasteiger partial charge on any atom is 0.329 e. The van der Waals surface area contributed by atoms with Crippen LogP contribution in [0.4, 0.5) is 4.79 Å². The van der Waals surface area contributed by atoms with Gasteiger partial charge in [0.25, 0.3) is 0 Å². The van der Waals surface area contributed by atoms with E-state index in [0.29, 0.717) is 0 Å². The smallest absolute Gasteiger partial charge is 0.329 e. The van der Waals surface area contributed by atoms with Crippen LogP contribution in [0, 0.1) is 0 Å². The zero-order chi connectivity index (χ0) is 13.1. The van der Waals surface area contributed by atoms with Crippen LogP contribution in [0.5, 0.6) is 0 Å². The summed E-state index contributed by atoms with van der Waals surface area (Å²) in [6.07, 6.45) is 1.76. The molecule has 0 spiro atoms. The Balaban J connectivity index is 2.54. The number of carboxylic acids is 1. The fraction of sp³-hybridized carbons (Fsp3) is 0.818. The number of nitrogens with zero attached hydrogens (tertiary/aromatic N) is 1. The van der Waals surface area contributed by atoms with E-state index in [4.69, 9.17) is 5.11 Å². The van der Waals surface area contributed by atoms with Crippen molar-refractivity contribution in [3.05, 3.63) is 0 Å². The number of carbonyl (C=O) groups is 2. The van der Waals surface area contributed by atoms with E-state index in [-0.39, 0.29) is 12.1 Å². The number of amides is 2. The van der Waals surface area contributed by atoms with Crippen LogP contribution in [0.3, 0.4) is 0 Å². The van der Waals surface area contributed by atoms with Crippen molar-refractivity contribution in [3.63, 3.8) is 0 Å². The van der Waals surface area contributed by atoms with E-state index >= 15 is 0 Å². The van der Waals surface area contributed by atoms with Crippen LogP contribution in [0.25, 0.3) is 0 Å². The molecule has 3 N–H and O–H groups in total. The Hall–Kier alpha value is -1.30. The molecule has 1 saturated heterocycles. The first-order chi connectivity index (χ1) is 7.85. The second-order valence-corrected chi connectivity index (χ2v) is 4.90. The van der Waals surface area contributed by atoms with Crippen LogP contribution in [-0.2, 0) is 4.79 Å². The lowest BCUT2D eigenvalue weighted by Gasteiger charge is -2.33. The number of urea groups is 1. The highest BCUT2D eigenvalue weighted by molar-refractivity contribution is 5.85. The molecule has 0 unspecified atom stereocenters. The van der Waals surface area contributed by atoms with Crippen molar-refractivity contribution in [2.24, 2.45) is 0 Å². The van der Waals surface area contributed by atoms with Gasteiger partial charge in [-0.15, -0.1) is 0 Å². The lowest BCUT2D eigenvalue weighted by molar-refractivity contribution is -0.146. The van der Waals surface area contributed by atoms with Crippen LogP contribution >= 0.6 is 0 Å². The number of piperidine rings is 1. The number of hydrogen-bond donors (Lipinski definition) is 3. The van der Waals surface area contributed by atoms with Crippen molar-refractivity contribution in [3.8, 4) is 0 Å². The number of carboxylic acid groups (broad SMARTS) is 1. The maximum atomic E-state index is 11.9. The van der Waals surface area contributed by atoms with Gasteiger partial charge in [0.2, 0.25) is 0 Å². The van der Waals surface area contributed by atoms with Gasteiger partial charge in [-0.3, -0.25) is 0 Å². The third kappa shape index (κ3) is 3.33. The summed E-state index contributed by atoms with van der Waals surface area (Å²) in [5.41, 5.74) is -1.20. The van der Waals surface area contributed by atoms with Crippen molar-refractivity contribution >= 4 is 12.0 Å². The van der Waals surface area contributed by atoms with Gasteiger partial charge in [0.05, 0.1) is 0 Å². The zero-order valence-corrected chi connectivity index (χ0v) is 10.6. The lowest BCUT2D eigenvalue weighted by Crippen LogP contribution is -2.56. The third-order valence-electron chi connectivity index (χ3n) is 3.33. The lowest BCUT2D eigenvalue weighted by atomic mass is 10.0. The first kappa shape index (κ1) is 13.8. The summed E-state index contributed by atoms with van der Waals surface area (Å²) in [5, 5.41) is 15.1. The van der Waals surface area contributed by atoms with Crippen molar-refractivity contribution < 1.29 is 14.7 Å². The largest absolute Gasteiger partial charge is 0.480 e. The first-order valence-electron chi connectivity index (χ1n) is 5.84. The average Bonchev–Trinajstić information content (AvgIpc) is 2.29. The van der Waals surface area contributed by atoms with Gasteiger partial charge in [-0.2, -0.15) is 0 Å². The maximum absolute atomic E-state index is 11.9. The molecule has 1 aliphatic rings. The van der Waals surface area contributed by atoms with E-state index in [2.05, 4.69) is 10.6 Å². The second kappa shape index (κ2) is 5.35. The molecule has 1 rings (SSSR count). The van der Waals surface area contributed by atoms with Crippen LogP contribution in [0.2, 0.25) is 0 Å². The van der Waals surface area contributed by atoms with E-state index in [1.807, 2.05) is 0 Å². The predicted molar refractivity (Wildman–Crippen MR) is 63.9 cm³/mol. The molecule has 0 radical (unpaired) electrons. The van der Waals surface area contributed by atoms with Gasteiger partial charge >= 0.3 is 12.0 Å². The molecule has 98 valence electrons. The summed E-state index contributed by atoms with van der Waals surface area (Å²) in [7, 11) is 1.50. The Morgan fingerprint density at radius 2 is 1.88 bits per heavy atom. The third-order valence-corrected chi connectivity index (χ3v) is 3.33. The topological polar surface area (TPSA) is 81.7 Å². The number of hydrogen-bond acceptors (Lipinski definition) is 3. The van der Waals surface area contributed by atoms with Gasteiger partial charge in [-0.05, 0) is 39.8 Å². The molecule has 0 bridgehead atoms. The molecule has 6 heteroatoms. The number of rotatable bonds is 3. The highest BCUT2D eigenvalue weighted by Gasteiger charge is 2.35. The molecule has 1 heterocycles. The molecule has 1 aliphatic heterocycles. The van der Waals surface area contributed by atoms with Crippen molar-refractivity contribution in [1.82, 2.24) is 15.5 Å². The standard InChI is InChI=1S/C11H21N3O3/c1-11(2,9(15)16)14(3)10(17)13-8-4-6-12-7-5-8/h8,12H,4-7H2,1-3H3,(H,13,17)(H,15,16). The molecule has 0 aromatic heterocycles. The van der Waals surface area contributed by atoms with Crippen LogP contribution in [0.15, 0.2) is 0 Å². The second-order valence-electron chi connectivity index (χ2n) is 4.90. The summed E-state index contributed by atoms with van der Waals surface area (Å²) in [6, 6.07) is -0.194. The molecular weight excluding hydrogens is 222 g/mol. The molecule has 0 aromatic rings. The van der Waals surface area contributed by atoms with E-state index in [1.54, 1.807) is 0 Å². The summed E-state index contributed by atoms with van der Waals surface area (Å²) in [4.78, 5) is 24.2. The van der Waals surface area contributed by atoms with E-state index in [9.17, 15) is 9.59 Å². The van der Waals surface area contributed by atoms with E-state index in [0.717, 1.165) is 25.9 Å². The van der Waals surface area contributed by atoms with Crippen LogP contribution < -0.4 is 10.6 Å². The number of likely N-dealkylation sites (N-methyl/N-ethyl adjacent to an activating group) is 1. The van der Waals surface area contributed by atoms with Crippen LogP contribution in [-0.4, -0.2) is 53.7 Å². The molecule has 6 nitrogen and oxygen atoms in total. The fourth-order valence-electron chi connectivity index (χ4n) is 1.64. The van der Waals surface area contributed by atoms with Crippen LogP contribution in [0.1, 0.15) is 26.7 Å². The SMILES string of the molecule is CN(C(=O)NC1CCNCC1)C(C)(C)C(=O)O. The molecule has 0 aromatic carbocycles. The van der Waals surface area contributed by atoms with Gasteiger partial charge in [0.1, 0.15) is 5.54 Å². The first-order valence-corrected chi connectivity index (χ1v) is 5.84. The normalized spacial score (nSPS) is 17.6. The average molecular weight is 243 g/mol. The van der Waals surface area contributed by atoms with Gasteiger partial charge in [-0.1, -0.05) is 0 Å². The minimum Gasteiger partial charge on any atom is -0.480 e. The molecule has 0 atom stereocenters. The fourth-order valence-corrected chi connectivity index (χ4v) is 1.64. The molecular formula is C11H21N3O3. The van der Waals surface area contributed by atoms with Crippen molar-refractivity contribution in [2.75, 3.05) is 20.1 Å². The predicted octanol–water partition coefficient (Wildman–Crippen LogP) is 0.243. The quantitative estimate of drug-likeness (QED) is 0.663. The Labute approximate surface area is 101 Å². The summed E-state index contributed by atoms with van der Waals surface area (Å²) >= 11 is 0. The Morgan fingerprint density at radius 1 is 1.35 bits per heavy atom. The highest BCUT2D eigenvalue weighted by Crippen LogP contribution is 2.13. The Morgan fingerprint density at radius 3 is 2.35 bits per heavy atom. The number of aliphatic carboxylic acids is 1. The van der Waals surface area contributed by atoms with Crippen molar-refractivity contribution in [1.29, 1.82) is 0 Å². The minimum absolute atomic E-state index is 0.135. The zero-order valence-electron chi connectivity index (χ0n) is 10.6. The summed E-state index contributed by atoms with van der Waals surface area (Å²) in [5.74, 6) is -1.01. The molecule has 0 aliphatic carbocycles. The number of carbonyl (C=O) groups excluding carboxylic acids is 1. The van der Waals surface area contributed by atoms with Gasteiger partial charge in [0, 0.05) is 13.1 Å². The highest BCUT2D eigenvalue weighted by atomic mass is 16.4. The molecule has 1 fully saturated rings. The number of nitrogens with one attached hydrogen (secondary N) is 2. The summed E-state index contributed by atoms with van der Waals surface area (Å²) in [6.45, 7) is 4.79. The molecule has 2 amide bonds. The van der Waals surface area contributed by atoms with Gasteiger partial charge in [0.15, 0.2) is 0 Å². The Kier molecular flexibility index (Phi) is 4.34. The minimum atomic E-state index is -1.20. The van der Waals surface area contributed by atoms with E-state index < -0.39 is 11.5 Å². The Bertz CT molecular complexity index is 298. The molecule has 17 heavy (non-hydrogen) atoms. The molecule has 0 saturated carbocycles. The monoisotopic (exact) mass is 243 g/mol.